The van der Waals surface area contributed by atoms with E-state index in [0.29, 0.717) is 12.4 Å². The first-order valence-corrected chi connectivity index (χ1v) is 7.56. The maximum atomic E-state index is 13.7. The lowest BCUT2D eigenvalue weighted by Crippen LogP contribution is -2.05. The van der Waals surface area contributed by atoms with Gasteiger partial charge < -0.3 is 15.4 Å². The second kappa shape index (κ2) is 7.57. The summed E-state index contributed by atoms with van der Waals surface area (Å²) in [7, 11) is 1.61. The highest BCUT2D eigenvalue weighted by molar-refractivity contribution is 5.60. The van der Waals surface area contributed by atoms with Crippen molar-refractivity contribution in [1.82, 2.24) is 9.97 Å². The van der Waals surface area contributed by atoms with Crippen LogP contribution in [0, 0.1) is 11.6 Å². The van der Waals surface area contributed by atoms with Crippen molar-refractivity contribution >= 4 is 17.3 Å². The fraction of sp³-hybridized carbons (Fsp3) is 0.111. The van der Waals surface area contributed by atoms with E-state index in [1.807, 2.05) is 24.3 Å². The first kappa shape index (κ1) is 16.6. The molecule has 0 aliphatic carbocycles. The minimum absolute atomic E-state index is 0.253. The molecule has 25 heavy (non-hydrogen) atoms. The van der Waals surface area contributed by atoms with E-state index in [4.69, 9.17) is 4.74 Å². The van der Waals surface area contributed by atoms with Gasteiger partial charge in [-0.25, -0.2) is 18.7 Å². The summed E-state index contributed by atoms with van der Waals surface area (Å²) in [6, 6.07) is 12.8. The number of hydrogen-bond acceptors (Lipinski definition) is 5. The smallest absolute Gasteiger partial charge is 0.149 e. The molecule has 3 rings (SSSR count). The average molecular weight is 342 g/mol. The fourth-order valence-corrected chi connectivity index (χ4v) is 2.30. The van der Waals surface area contributed by atoms with E-state index in [0.717, 1.165) is 11.3 Å². The molecule has 1 heterocycles. The Bertz CT molecular complexity index is 853. The summed E-state index contributed by atoms with van der Waals surface area (Å²) >= 11 is 0. The summed E-state index contributed by atoms with van der Waals surface area (Å²) < 4.78 is 32.7. The number of benzene rings is 2. The highest BCUT2D eigenvalue weighted by Crippen LogP contribution is 2.23. The summed E-state index contributed by atoms with van der Waals surface area (Å²) in [6.45, 7) is 0.481. The van der Waals surface area contributed by atoms with Gasteiger partial charge in [0.25, 0.3) is 0 Å². The molecule has 0 fully saturated rings. The minimum Gasteiger partial charge on any atom is -0.496 e. The van der Waals surface area contributed by atoms with Crippen molar-refractivity contribution < 1.29 is 13.5 Å². The SMILES string of the molecule is COc1ccccc1CNc1cc(Nc2c(F)cccc2F)ncn1. The molecule has 0 bridgehead atoms. The summed E-state index contributed by atoms with van der Waals surface area (Å²) in [5.41, 5.74) is 0.704. The molecular formula is C18H16F2N4O. The van der Waals surface area contributed by atoms with Gasteiger partial charge in [0.15, 0.2) is 0 Å². The molecule has 0 amide bonds. The largest absolute Gasteiger partial charge is 0.496 e. The third kappa shape index (κ3) is 4.00. The molecule has 0 unspecified atom stereocenters. The highest BCUT2D eigenvalue weighted by Gasteiger charge is 2.10. The van der Waals surface area contributed by atoms with Crippen molar-refractivity contribution in [3.8, 4) is 5.75 Å². The van der Waals surface area contributed by atoms with E-state index >= 15 is 0 Å². The van der Waals surface area contributed by atoms with E-state index in [1.165, 1.54) is 24.5 Å². The second-order valence-electron chi connectivity index (χ2n) is 5.18. The van der Waals surface area contributed by atoms with Crippen LogP contribution in [0.2, 0.25) is 0 Å². The van der Waals surface area contributed by atoms with Gasteiger partial charge in [0, 0.05) is 18.2 Å². The average Bonchev–Trinajstić information content (AvgIpc) is 2.64. The number of halogens is 2. The van der Waals surface area contributed by atoms with Crippen molar-refractivity contribution in [2.24, 2.45) is 0 Å². The number of aromatic nitrogens is 2. The van der Waals surface area contributed by atoms with Gasteiger partial charge in [-0.05, 0) is 18.2 Å². The highest BCUT2D eigenvalue weighted by atomic mass is 19.1. The molecule has 1 aromatic heterocycles. The third-order valence-electron chi connectivity index (χ3n) is 3.54. The van der Waals surface area contributed by atoms with Gasteiger partial charge in [0.05, 0.1) is 7.11 Å². The molecule has 0 aliphatic rings. The van der Waals surface area contributed by atoms with Gasteiger partial charge in [-0.15, -0.1) is 0 Å². The maximum Gasteiger partial charge on any atom is 0.149 e. The van der Waals surface area contributed by atoms with Crippen LogP contribution in [0.3, 0.4) is 0 Å². The summed E-state index contributed by atoms with van der Waals surface area (Å²) in [6.07, 6.45) is 1.31. The molecule has 0 spiro atoms. The Hall–Kier alpha value is -3.22. The van der Waals surface area contributed by atoms with Gasteiger partial charge in [-0.1, -0.05) is 24.3 Å². The van der Waals surface area contributed by atoms with Crippen LogP contribution in [0.5, 0.6) is 5.75 Å². The molecule has 2 N–H and O–H groups in total. The molecule has 0 radical (unpaired) electrons. The van der Waals surface area contributed by atoms with E-state index < -0.39 is 11.6 Å². The number of ether oxygens (including phenoxy) is 1. The normalized spacial score (nSPS) is 10.4. The monoisotopic (exact) mass is 342 g/mol. The Morgan fingerprint density at radius 1 is 0.960 bits per heavy atom. The first-order chi connectivity index (χ1) is 12.2. The summed E-state index contributed by atoms with van der Waals surface area (Å²) in [5.74, 6) is 0.168. The number of methoxy groups -OCH3 is 1. The molecular weight excluding hydrogens is 326 g/mol. The van der Waals surface area contributed by atoms with Crippen LogP contribution in [0.1, 0.15) is 5.56 Å². The fourth-order valence-electron chi connectivity index (χ4n) is 2.30. The van der Waals surface area contributed by atoms with E-state index in [1.54, 1.807) is 13.2 Å². The van der Waals surface area contributed by atoms with Crippen molar-refractivity contribution in [2.45, 2.75) is 6.54 Å². The van der Waals surface area contributed by atoms with Crippen LogP contribution >= 0.6 is 0 Å². The molecule has 3 aromatic rings. The van der Waals surface area contributed by atoms with Crippen LogP contribution in [0.4, 0.5) is 26.1 Å². The minimum atomic E-state index is -0.692. The predicted molar refractivity (Wildman–Crippen MR) is 92.0 cm³/mol. The molecule has 0 saturated heterocycles. The lowest BCUT2D eigenvalue weighted by atomic mass is 10.2. The van der Waals surface area contributed by atoms with Gasteiger partial charge in [-0.2, -0.15) is 0 Å². The van der Waals surface area contributed by atoms with Crippen molar-refractivity contribution in [3.05, 3.63) is 72.1 Å². The molecule has 7 heteroatoms. The lowest BCUT2D eigenvalue weighted by molar-refractivity contribution is 0.410. The predicted octanol–water partition coefficient (Wildman–Crippen LogP) is 4.12. The summed E-state index contributed by atoms with van der Waals surface area (Å²) in [5, 5.41) is 5.77. The molecule has 128 valence electrons. The van der Waals surface area contributed by atoms with Crippen LogP contribution < -0.4 is 15.4 Å². The number of para-hydroxylation sites is 2. The Kier molecular flexibility index (Phi) is 5.03. The number of nitrogens with zero attached hydrogens (tertiary/aromatic N) is 2. The van der Waals surface area contributed by atoms with Gasteiger partial charge in [0.2, 0.25) is 0 Å². The summed E-state index contributed by atoms with van der Waals surface area (Å²) in [4.78, 5) is 8.09. The molecule has 5 nitrogen and oxygen atoms in total. The van der Waals surface area contributed by atoms with E-state index in [2.05, 4.69) is 20.6 Å². The lowest BCUT2D eigenvalue weighted by Gasteiger charge is -2.11. The number of rotatable bonds is 6. The van der Waals surface area contributed by atoms with Crippen LogP contribution in [0.15, 0.2) is 54.9 Å². The van der Waals surface area contributed by atoms with E-state index in [-0.39, 0.29) is 11.5 Å². The third-order valence-corrected chi connectivity index (χ3v) is 3.54. The molecule has 0 atom stereocenters. The zero-order valence-electron chi connectivity index (χ0n) is 13.5. The quantitative estimate of drug-likeness (QED) is 0.706. The maximum absolute atomic E-state index is 13.7. The molecule has 0 aliphatic heterocycles. The van der Waals surface area contributed by atoms with Crippen LogP contribution in [-0.2, 0) is 6.54 Å². The van der Waals surface area contributed by atoms with Gasteiger partial charge in [0.1, 0.15) is 41.0 Å². The number of anilines is 3. The Balaban J connectivity index is 1.73. The number of hydrogen-bond donors (Lipinski definition) is 2. The van der Waals surface area contributed by atoms with Crippen molar-refractivity contribution in [3.63, 3.8) is 0 Å². The van der Waals surface area contributed by atoms with Crippen molar-refractivity contribution in [2.75, 3.05) is 17.7 Å². The molecule has 0 saturated carbocycles. The second-order valence-corrected chi connectivity index (χ2v) is 5.18. The van der Waals surface area contributed by atoms with Crippen LogP contribution in [0.25, 0.3) is 0 Å². The Morgan fingerprint density at radius 3 is 2.44 bits per heavy atom. The zero-order valence-corrected chi connectivity index (χ0v) is 13.5. The van der Waals surface area contributed by atoms with Gasteiger partial charge in [-0.3, -0.25) is 0 Å². The van der Waals surface area contributed by atoms with Crippen molar-refractivity contribution in [1.29, 1.82) is 0 Å². The van der Waals surface area contributed by atoms with E-state index in [9.17, 15) is 8.78 Å². The number of nitrogens with one attached hydrogen (secondary N) is 2. The molecule has 2 aromatic carbocycles. The zero-order chi connectivity index (χ0) is 17.6. The Labute approximate surface area is 143 Å². The van der Waals surface area contributed by atoms with Gasteiger partial charge >= 0.3 is 0 Å². The standard InChI is InChI=1S/C18H16F2N4O/c1-25-15-8-3-2-5-12(15)10-21-16-9-17(23-11-22-16)24-18-13(19)6-4-7-14(18)20/h2-9,11H,10H2,1H3,(H2,21,22,23,24). The topological polar surface area (TPSA) is 59.1 Å². The van der Waals surface area contributed by atoms with Crippen LogP contribution in [-0.4, -0.2) is 17.1 Å². The Morgan fingerprint density at radius 2 is 1.68 bits per heavy atom. The first-order valence-electron chi connectivity index (χ1n) is 7.56.